The predicted octanol–water partition coefficient (Wildman–Crippen LogP) is 4.42. The van der Waals surface area contributed by atoms with E-state index in [1.54, 1.807) is 28.9 Å². The minimum absolute atomic E-state index is 0.0389. The summed E-state index contributed by atoms with van der Waals surface area (Å²) in [6.45, 7) is 0. The van der Waals surface area contributed by atoms with Crippen molar-refractivity contribution < 1.29 is 18.0 Å². The fourth-order valence-corrected chi connectivity index (χ4v) is 4.83. The number of carbonyl (C=O) groups is 1. The van der Waals surface area contributed by atoms with Gasteiger partial charge in [-0.15, -0.1) is 0 Å². The van der Waals surface area contributed by atoms with Crippen LogP contribution in [-0.2, 0) is 13.2 Å². The first kappa shape index (κ1) is 22.2. The summed E-state index contributed by atoms with van der Waals surface area (Å²) in [6.07, 6.45) is 1.63. The van der Waals surface area contributed by atoms with Crippen molar-refractivity contribution in [3.05, 3.63) is 60.0 Å². The van der Waals surface area contributed by atoms with Gasteiger partial charge >= 0.3 is 6.18 Å². The van der Waals surface area contributed by atoms with Gasteiger partial charge < -0.3 is 10.2 Å². The number of alkyl halides is 3. The van der Waals surface area contributed by atoms with Gasteiger partial charge in [0.05, 0.1) is 5.56 Å². The highest BCUT2D eigenvalue weighted by Crippen LogP contribution is 2.32. The van der Waals surface area contributed by atoms with Crippen LogP contribution in [0.15, 0.2) is 48.8 Å². The highest BCUT2D eigenvalue weighted by molar-refractivity contribution is 6.05. The predicted molar refractivity (Wildman–Crippen MR) is 123 cm³/mol. The summed E-state index contributed by atoms with van der Waals surface area (Å²) >= 11 is 0. The van der Waals surface area contributed by atoms with Crippen LogP contribution in [0.25, 0.3) is 16.6 Å². The standard InChI is InChI=1S/C24H25F3N6O/c1-31-13-15-5-3-6-18(22(15)30-31)23(34)28-16-9-11-17(12-10-16)32(2)21-8-4-7-20-29-19(14-33(20)21)24(25,26)27/h3-8,13-14,16-17H,9-12H2,1-2H3,(H,28,34)/t16-,17+. The van der Waals surface area contributed by atoms with Crippen LogP contribution in [0, 0.1) is 0 Å². The number of nitrogens with zero attached hydrogens (tertiary/aromatic N) is 5. The lowest BCUT2D eigenvalue weighted by Gasteiger charge is -2.36. The van der Waals surface area contributed by atoms with Crippen molar-refractivity contribution >= 4 is 28.3 Å². The van der Waals surface area contributed by atoms with E-state index in [-0.39, 0.29) is 23.6 Å². The van der Waals surface area contributed by atoms with Gasteiger partial charge in [-0.05, 0) is 43.9 Å². The van der Waals surface area contributed by atoms with Crippen LogP contribution < -0.4 is 10.2 Å². The molecule has 3 heterocycles. The number of imidazole rings is 1. The number of fused-ring (bicyclic) bond motifs is 2. The molecule has 0 spiro atoms. The lowest BCUT2D eigenvalue weighted by molar-refractivity contribution is -0.140. The molecule has 10 heteroatoms. The number of benzene rings is 1. The number of halogens is 3. The van der Waals surface area contributed by atoms with E-state index in [2.05, 4.69) is 15.4 Å². The third kappa shape index (κ3) is 4.08. The van der Waals surface area contributed by atoms with Crippen LogP contribution in [0.2, 0.25) is 0 Å². The fourth-order valence-electron chi connectivity index (χ4n) is 4.83. The summed E-state index contributed by atoms with van der Waals surface area (Å²) in [5.74, 6) is 0.527. The summed E-state index contributed by atoms with van der Waals surface area (Å²) in [6, 6.07) is 10.8. The summed E-state index contributed by atoms with van der Waals surface area (Å²) in [5, 5.41) is 8.47. The minimum Gasteiger partial charge on any atom is -0.358 e. The van der Waals surface area contributed by atoms with E-state index in [0.717, 1.165) is 37.3 Å². The molecule has 0 unspecified atom stereocenters. The number of hydrogen-bond acceptors (Lipinski definition) is 4. The Morgan fingerprint density at radius 2 is 1.82 bits per heavy atom. The molecule has 5 rings (SSSR count). The second kappa shape index (κ2) is 8.34. The Morgan fingerprint density at radius 3 is 2.56 bits per heavy atom. The van der Waals surface area contributed by atoms with Gasteiger partial charge in [0.2, 0.25) is 0 Å². The van der Waals surface area contributed by atoms with Crippen molar-refractivity contribution in [2.75, 3.05) is 11.9 Å². The molecule has 4 aromatic rings. The first-order valence-electron chi connectivity index (χ1n) is 11.2. The fraction of sp³-hybridized carbons (Fsp3) is 0.375. The molecule has 1 amide bonds. The first-order chi connectivity index (χ1) is 16.2. The average molecular weight is 470 g/mol. The molecule has 0 bridgehead atoms. The molecule has 0 radical (unpaired) electrons. The number of aromatic nitrogens is 4. The molecule has 1 saturated carbocycles. The number of aryl methyl sites for hydroxylation is 1. The van der Waals surface area contributed by atoms with Gasteiger partial charge in [-0.25, -0.2) is 4.98 Å². The van der Waals surface area contributed by atoms with Gasteiger partial charge in [-0.2, -0.15) is 18.3 Å². The van der Waals surface area contributed by atoms with E-state index >= 15 is 0 Å². The number of carbonyl (C=O) groups excluding carboxylic acids is 1. The van der Waals surface area contributed by atoms with Gasteiger partial charge in [-0.1, -0.05) is 18.2 Å². The zero-order valence-electron chi connectivity index (χ0n) is 18.9. The van der Waals surface area contributed by atoms with E-state index in [9.17, 15) is 18.0 Å². The monoisotopic (exact) mass is 470 g/mol. The topological polar surface area (TPSA) is 67.5 Å². The lowest BCUT2D eigenvalue weighted by Crippen LogP contribution is -2.43. The van der Waals surface area contributed by atoms with Crippen molar-refractivity contribution in [1.82, 2.24) is 24.5 Å². The van der Waals surface area contributed by atoms with Crippen molar-refractivity contribution in [2.45, 2.75) is 43.9 Å². The minimum atomic E-state index is -4.49. The van der Waals surface area contributed by atoms with Gasteiger partial charge in [0.15, 0.2) is 5.69 Å². The molecule has 34 heavy (non-hydrogen) atoms. The molecule has 1 fully saturated rings. The van der Waals surface area contributed by atoms with Crippen LogP contribution in [0.5, 0.6) is 0 Å². The molecule has 3 aromatic heterocycles. The van der Waals surface area contributed by atoms with Gasteiger partial charge in [-0.3, -0.25) is 13.9 Å². The first-order valence-corrected chi connectivity index (χ1v) is 11.2. The van der Waals surface area contributed by atoms with E-state index in [0.29, 0.717) is 16.9 Å². The van der Waals surface area contributed by atoms with Gasteiger partial charge in [0.25, 0.3) is 5.91 Å². The number of pyridine rings is 1. The molecule has 1 aromatic carbocycles. The van der Waals surface area contributed by atoms with Crippen molar-refractivity contribution in [1.29, 1.82) is 0 Å². The van der Waals surface area contributed by atoms with Crippen molar-refractivity contribution in [3.63, 3.8) is 0 Å². The maximum Gasteiger partial charge on any atom is 0.434 e. The molecule has 0 aliphatic heterocycles. The number of rotatable bonds is 4. The molecular formula is C24H25F3N6O. The maximum atomic E-state index is 13.1. The molecule has 1 aliphatic rings. The second-order valence-corrected chi connectivity index (χ2v) is 8.87. The summed E-state index contributed by atoms with van der Waals surface area (Å²) in [5.41, 5.74) is 0.608. The SMILES string of the molecule is Cn1cc2cccc(C(=O)N[C@H]3CC[C@@H](N(C)c4cccc5nc(C(F)(F)F)cn45)CC3)c2n1. The highest BCUT2D eigenvalue weighted by atomic mass is 19.4. The number of nitrogens with one attached hydrogen (secondary N) is 1. The average Bonchev–Trinajstić information content (AvgIpc) is 3.41. The third-order valence-corrected chi connectivity index (χ3v) is 6.60. The maximum absolute atomic E-state index is 13.1. The van der Waals surface area contributed by atoms with Crippen LogP contribution in [0.3, 0.4) is 0 Å². The van der Waals surface area contributed by atoms with Crippen molar-refractivity contribution in [3.8, 4) is 0 Å². The van der Waals surface area contributed by atoms with Crippen LogP contribution in [0.4, 0.5) is 19.0 Å². The molecule has 1 N–H and O–H groups in total. The zero-order chi connectivity index (χ0) is 24.0. The Kier molecular flexibility index (Phi) is 5.45. The molecular weight excluding hydrogens is 445 g/mol. The second-order valence-electron chi connectivity index (χ2n) is 8.87. The zero-order valence-corrected chi connectivity index (χ0v) is 18.9. The van der Waals surface area contributed by atoms with Crippen LogP contribution in [0.1, 0.15) is 41.7 Å². The summed E-state index contributed by atoms with van der Waals surface area (Å²) < 4.78 is 42.6. The Morgan fingerprint density at radius 1 is 1.09 bits per heavy atom. The quantitative estimate of drug-likeness (QED) is 0.480. The highest BCUT2D eigenvalue weighted by Gasteiger charge is 2.34. The Hall–Kier alpha value is -3.56. The smallest absolute Gasteiger partial charge is 0.358 e. The largest absolute Gasteiger partial charge is 0.434 e. The molecule has 0 atom stereocenters. The summed E-state index contributed by atoms with van der Waals surface area (Å²) in [4.78, 5) is 18.7. The van der Waals surface area contributed by atoms with Gasteiger partial charge in [0, 0.05) is 44.0 Å². The third-order valence-electron chi connectivity index (χ3n) is 6.60. The summed E-state index contributed by atoms with van der Waals surface area (Å²) in [7, 11) is 3.72. The number of hydrogen-bond donors (Lipinski definition) is 1. The molecule has 0 saturated heterocycles. The molecule has 1 aliphatic carbocycles. The number of anilines is 1. The Bertz CT molecular complexity index is 1350. The van der Waals surface area contributed by atoms with E-state index in [1.807, 2.05) is 37.3 Å². The normalized spacial score (nSPS) is 19.0. The number of amides is 1. The van der Waals surface area contributed by atoms with Crippen molar-refractivity contribution in [2.24, 2.45) is 7.05 Å². The van der Waals surface area contributed by atoms with Crippen LogP contribution >= 0.6 is 0 Å². The van der Waals surface area contributed by atoms with E-state index < -0.39 is 11.9 Å². The van der Waals surface area contributed by atoms with Gasteiger partial charge in [0.1, 0.15) is 17.0 Å². The van der Waals surface area contributed by atoms with Crippen LogP contribution in [-0.4, -0.2) is 44.2 Å². The molecule has 178 valence electrons. The van der Waals surface area contributed by atoms with E-state index in [4.69, 9.17) is 0 Å². The Balaban J connectivity index is 1.26. The lowest BCUT2D eigenvalue weighted by atomic mass is 9.90. The Labute approximate surface area is 194 Å². The van der Waals surface area contributed by atoms with E-state index in [1.165, 1.54) is 4.40 Å². The molecule has 7 nitrogen and oxygen atoms in total.